The Labute approximate surface area is 90.7 Å². The molecule has 0 bridgehead atoms. The van der Waals surface area contributed by atoms with Crippen LogP contribution in [0.25, 0.3) is 0 Å². The van der Waals surface area contributed by atoms with E-state index in [1.54, 1.807) is 11.8 Å². The topological polar surface area (TPSA) is 66.5 Å². The van der Waals surface area contributed by atoms with Gasteiger partial charge in [0.25, 0.3) is 0 Å². The Balaban J connectivity index is 2.72. The Hall–Kier alpha value is -0.620. The summed E-state index contributed by atoms with van der Waals surface area (Å²) in [6, 6.07) is 0. The van der Waals surface area contributed by atoms with Crippen LogP contribution in [0.5, 0.6) is 0 Å². The maximum absolute atomic E-state index is 11.9. The second-order valence-electron chi connectivity index (χ2n) is 3.80. The summed E-state index contributed by atoms with van der Waals surface area (Å²) in [7, 11) is -3.28. The monoisotopic (exact) mass is 234 g/mol. The fourth-order valence-corrected chi connectivity index (χ4v) is 2.87. The highest BCUT2D eigenvalue weighted by Crippen LogP contribution is 2.09. The molecule has 1 N–H and O–H groups in total. The molecule has 1 aliphatic rings. The molecule has 1 fully saturated rings. The summed E-state index contributed by atoms with van der Waals surface area (Å²) < 4.78 is 22.8. The van der Waals surface area contributed by atoms with Crippen LogP contribution in [0.3, 0.4) is 0 Å². The number of carbonyl (C=O) groups excluding carboxylic acids is 1. The van der Waals surface area contributed by atoms with Crippen molar-refractivity contribution in [2.45, 2.75) is 18.6 Å². The van der Waals surface area contributed by atoms with Crippen LogP contribution in [0.1, 0.15) is 13.3 Å². The zero-order valence-electron chi connectivity index (χ0n) is 9.19. The molecule has 5 nitrogen and oxygen atoms in total. The van der Waals surface area contributed by atoms with E-state index in [1.807, 2.05) is 0 Å². The van der Waals surface area contributed by atoms with Crippen LogP contribution in [0.2, 0.25) is 0 Å². The van der Waals surface area contributed by atoms with Gasteiger partial charge in [0.15, 0.2) is 9.84 Å². The van der Waals surface area contributed by atoms with Crippen molar-refractivity contribution in [2.75, 3.05) is 32.4 Å². The second-order valence-corrected chi connectivity index (χ2v) is 6.03. The van der Waals surface area contributed by atoms with E-state index in [2.05, 4.69) is 5.32 Å². The molecule has 6 heteroatoms. The van der Waals surface area contributed by atoms with Crippen molar-refractivity contribution < 1.29 is 13.2 Å². The standard InChI is InChI=1S/C9H18N2O3S/c1-3-8(15(2,13)14)9(12)11-6-4-10-5-7-11/h8,10H,3-7H2,1-2H3. The van der Waals surface area contributed by atoms with Crippen LogP contribution in [-0.2, 0) is 14.6 Å². The van der Waals surface area contributed by atoms with Crippen LogP contribution in [0.4, 0.5) is 0 Å². The van der Waals surface area contributed by atoms with Gasteiger partial charge in [-0.2, -0.15) is 0 Å². The predicted molar refractivity (Wildman–Crippen MR) is 58.4 cm³/mol. The van der Waals surface area contributed by atoms with Crippen molar-refractivity contribution in [1.82, 2.24) is 10.2 Å². The molecule has 1 heterocycles. The third-order valence-corrected chi connectivity index (χ3v) is 4.16. The Kier molecular flexibility index (Phi) is 4.10. The van der Waals surface area contributed by atoms with E-state index in [-0.39, 0.29) is 5.91 Å². The molecule has 15 heavy (non-hydrogen) atoms. The molecule has 1 aliphatic heterocycles. The maximum atomic E-state index is 11.9. The Morgan fingerprint density at radius 2 is 1.93 bits per heavy atom. The lowest BCUT2D eigenvalue weighted by Crippen LogP contribution is -2.51. The lowest BCUT2D eigenvalue weighted by Gasteiger charge is -2.29. The molecule has 1 saturated heterocycles. The highest BCUT2D eigenvalue weighted by Gasteiger charge is 2.31. The van der Waals surface area contributed by atoms with Crippen molar-refractivity contribution in [3.63, 3.8) is 0 Å². The van der Waals surface area contributed by atoms with Crippen molar-refractivity contribution in [3.8, 4) is 0 Å². The average molecular weight is 234 g/mol. The normalized spacial score (nSPS) is 20.0. The van der Waals surface area contributed by atoms with Gasteiger partial charge in [0.05, 0.1) is 0 Å². The van der Waals surface area contributed by atoms with Crippen LogP contribution < -0.4 is 5.32 Å². The lowest BCUT2D eigenvalue weighted by atomic mass is 10.2. The van der Waals surface area contributed by atoms with Gasteiger partial charge in [-0.15, -0.1) is 0 Å². The highest BCUT2D eigenvalue weighted by atomic mass is 32.2. The number of sulfone groups is 1. The molecule has 1 unspecified atom stereocenters. The van der Waals surface area contributed by atoms with Crippen LogP contribution in [-0.4, -0.2) is 56.9 Å². The van der Waals surface area contributed by atoms with Gasteiger partial charge in [0, 0.05) is 32.4 Å². The SMILES string of the molecule is CCC(C(=O)N1CCNCC1)S(C)(=O)=O. The van der Waals surface area contributed by atoms with E-state index in [9.17, 15) is 13.2 Å². The summed E-state index contributed by atoms with van der Waals surface area (Å²) in [5.41, 5.74) is 0. The quantitative estimate of drug-likeness (QED) is 0.697. The van der Waals surface area contributed by atoms with E-state index in [0.29, 0.717) is 19.5 Å². The summed E-state index contributed by atoms with van der Waals surface area (Å²) in [6.07, 6.45) is 1.48. The van der Waals surface area contributed by atoms with Crippen molar-refractivity contribution in [1.29, 1.82) is 0 Å². The Morgan fingerprint density at radius 3 is 2.33 bits per heavy atom. The molecule has 0 aromatic rings. The van der Waals surface area contributed by atoms with Gasteiger partial charge in [0.1, 0.15) is 5.25 Å². The van der Waals surface area contributed by atoms with Crippen LogP contribution in [0, 0.1) is 0 Å². The average Bonchev–Trinajstić information content (AvgIpc) is 2.18. The zero-order chi connectivity index (χ0) is 11.5. The number of nitrogens with one attached hydrogen (secondary N) is 1. The minimum atomic E-state index is -3.28. The summed E-state index contributed by atoms with van der Waals surface area (Å²) in [6.45, 7) is 4.42. The first-order valence-electron chi connectivity index (χ1n) is 5.15. The van der Waals surface area contributed by atoms with Gasteiger partial charge in [-0.25, -0.2) is 8.42 Å². The minimum Gasteiger partial charge on any atom is -0.339 e. The molecule has 1 amide bonds. The van der Waals surface area contributed by atoms with Crippen LogP contribution in [0.15, 0.2) is 0 Å². The highest BCUT2D eigenvalue weighted by molar-refractivity contribution is 7.92. The first-order chi connectivity index (χ1) is 6.96. The minimum absolute atomic E-state index is 0.249. The third-order valence-electron chi connectivity index (χ3n) is 2.59. The van der Waals surface area contributed by atoms with E-state index in [4.69, 9.17) is 0 Å². The molecule has 0 aliphatic carbocycles. The Bertz CT molecular complexity index is 320. The molecule has 0 radical (unpaired) electrons. The fourth-order valence-electron chi connectivity index (χ4n) is 1.75. The first-order valence-corrected chi connectivity index (χ1v) is 7.10. The number of rotatable bonds is 3. The number of carbonyl (C=O) groups is 1. The molecule has 1 rings (SSSR count). The molecule has 0 aromatic heterocycles. The van der Waals surface area contributed by atoms with Crippen LogP contribution >= 0.6 is 0 Å². The van der Waals surface area contributed by atoms with Crippen molar-refractivity contribution in [2.24, 2.45) is 0 Å². The molecule has 0 spiro atoms. The van der Waals surface area contributed by atoms with Crippen molar-refractivity contribution in [3.05, 3.63) is 0 Å². The molecule has 0 saturated carbocycles. The largest absolute Gasteiger partial charge is 0.339 e. The Morgan fingerprint density at radius 1 is 1.40 bits per heavy atom. The van der Waals surface area contributed by atoms with Gasteiger partial charge in [0.2, 0.25) is 5.91 Å². The lowest BCUT2D eigenvalue weighted by molar-refractivity contribution is -0.131. The van der Waals surface area contributed by atoms with Gasteiger partial charge in [-0.05, 0) is 6.42 Å². The summed E-state index contributed by atoms with van der Waals surface area (Å²) in [5, 5.41) is 2.26. The molecule has 0 aromatic carbocycles. The number of piperazine rings is 1. The van der Waals surface area contributed by atoms with Gasteiger partial charge in [-0.1, -0.05) is 6.92 Å². The molecule has 88 valence electrons. The number of nitrogens with zero attached hydrogens (tertiary/aromatic N) is 1. The smallest absolute Gasteiger partial charge is 0.240 e. The number of hydrogen-bond acceptors (Lipinski definition) is 4. The zero-order valence-corrected chi connectivity index (χ0v) is 10.0. The second kappa shape index (κ2) is 4.94. The summed E-state index contributed by atoms with van der Waals surface area (Å²) >= 11 is 0. The summed E-state index contributed by atoms with van der Waals surface area (Å²) in [4.78, 5) is 13.5. The third kappa shape index (κ3) is 3.17. The summed E-state index contributed by atoms with van der Waals surface area (Å²) in [5.74, 6) is -0.249. The van der Waals surface area contributed by atoms with E-state index in [1.165, 1.54) is 0 Å². The molecular weight excluding hydrogens is 216 g/mol. The van der Waals surface area contributed by atoms with Gasteiger partial charge in [-0.3, -0.25) is 4.79 Å². The van der Waals surface area contributed by atoms with E-state index < -0.39 is 15.1 Å². The van der Waals surface area contributed by atoms with E-state index in [0.717, 1.165) is 19.3 Å². The van der Waals surface area contributed by atoms with Gasteiger partial charge >= 0.3 is 0 Å². The van der Waals surface area contributed by atoms with Gasteiger partial charge < -0.3 is 10.2 Å². The van der Waals surface area contributed by atoms with Crippen molar-refractivity contribution >= 4 is 15.7 Å². The van der Waals surface area contributed by atoms with E-state index >= 15 is 0 Å². The maximum Gasteiger partial charge on any atom is 0.240 e. The fraction of sp³-hybridized carbons (Fsp3) is 0.889. The predicted octanol–water partition coefficient (Wildman–Crippen LogP) is -0.759. The number of amides is 1. The first kappa shape index (κ1) is 12.4. The molecule has 1 atom stereocenters. The molecular formula is C9H18N2O3S. The number of hydrogen-bond donors (Lipinski definition) is 1.